The van der Waals surface area contributed by atoms with Gasteiger partial charge in [-0.15, -0.1) is 24.0 Å². The Hall–Kier alpha value is -1.68. The molecule has 7 nitrogen and oxygen atoms in total. The third kappa shape index (κ3) is 4.83. The number of hydrogen-bond acceptors (Lipinski definition) is 4. The number of guanidine groups is 1. The fourth-order valence-electron chi connectivity index (χ4n) is 3.77. The molecule has 152 valence electrons. The van der Waals surface area contributed by atoms with Crippen LogP contribution in [0.4, 0.5) is 0 Å². The van der Waals surface area contributed by atoms with E-state index in [2.05, 4.69) is 43.5 Å². The zero-order valence-electron chi connectivity index (χ0n) is 16.8. The molecule has 0 radical (unpaired) electrons. The first-order valence-electron chi connectivity index (χ1n) is 9.80. The maximum absolute atomic E-state index is 4.55. The molecule has 2 N–H and O–H groups in total. The largest absolute Gasteiger partial charge is 0.352 e. The second kappa shape index (κ2) is 9.21. The Morgan fingerprint density at radius 1 is 1.25 bits per heavy atom. The van der Waals surface area contributed by atoms with Gasteiger partial charge in [0.05, 0.1) is 0 Å². The molecule has 1 saturated carbocycles. The molecule has 28 heavy (non-hydrogen) atoms. The Bertz CT molecular complexity index is 797. The standard InChI is InChI=1S/C20H29N7.HI/c1-14-12-26(17-5-6-17)13-18(14)25-20(21-3)24-11-16-4-7-19(23-10-16)27-9-8-22-15(27)2;/h4,7-10,14,17-18H,5-6,11-13H2,1-3H3,(H2,21,24,25);1H. The van der Waals surface area contributed by atoms with E-state index in [1.807, 2.05) is 37.0 Å². The molecule has 0 aromatic carbocycles. The Morgan fingerprint density at radius 2 is 2.07 bits per heavy atom. The SMILES string of the molecule is CN=C(NCc1ccc(-n2ccnc2C)nc1)NC1CN(C2CC2)CC1C.I. The molecule has 8 heteroatoms. The number of nitrogens with zero attached hydrogens (tertiary/aromatic N) is 5. The molecule has 1 aliphatic heterocycles. The summed E-state index contributed by atoms with van der Waals surface area (Å²) in [5, 5.41) is 7.02. The van der Waals surface area contributed by atoms with Crippen LogP contribution in [0.2, 0.25) is 0 Å². The molecular weight excluding hydrogens is 465 g/mol. The Balaban J connectivity index is 0.00000225. The molecule has 2 aromatic heterocycles. The second-order valence-electron chi connectivity index (χ2n) is 7.71. The molecule has 2 fully saturated rings. The maximum atomic E-state index is 4.55. The van der Waals surface area contributed by atoms with Gasteiger partial charge in [-0.1, -0.05) is 13.0 Å². The Morgan fingerprint density at radius 3 is 2.68 bits per heavy atom. The molecule has 3 heterocycles. The summed E-state index contributed by atoms with van der Waals surface area (Å²) in [6.07, 6.45) is 8.36. The zero-order valence-corrected chi connectivity index (χ0v) is 19.1. The summed E-state index contributed by atoms with van der Waals surface area (Å²) in [5.41, 5.74) is 1.12. The molecule has 0 spiro atoms. The van der Waals surface area contributed by atoms with Crippen molar-refractivity contribution in [3.05, 3.63) is 42.1 Å². The highest BCUT2D eigenvalue weighted by molar-refractivity contribution is 14.0. The van der Waals surface area contributed by atoms with Crippen LogP contribution in [0.25, 0.3) is 5.82 Å². The lowest BCUT2D eigenvalue weighted by atomic mass is 10.1. The normalized spacial score (nSPS) is 22.8. The smallest absolute Gasteiger partial charge is 0.191 e. The molecule has 2 atom stereocenters. The van der Waals surface area contributed by atoms with Crippen LogP contribution in [-0.4, -0.2) is 57.6 Å². The number of imidazole rings is 1. The van der Waals surface area contributed by atoms with Crippen molar-refractivity contribution in [3.8, 4) is 5.82 Å². The number of nitrogens with one attached hydrogen (secondary N) is 2. The van der Waals surface area contributed by atoms with Crippen LogP contribution in [0.5, 0.6) is 0 Å². The quantitative estimate of drug-likeness (QED) is 0.379. The monoisotopic (exact) mass is 495 g/mol. The number of aryl methyl sites for hydroxylation is 1. The lowest BCUT2D eigenvalue weighted by molar-refractivity contribution is 0.315. The van der Waals surface area contributed by atoms with Gasteiger partial charge >= 0.3 is 0 Å². The van der Waals surface area contributed by atoms with E-state index < -0.39 is 0 Å². The van der Waals surface area contributed by atoms with Gasteiger partial charge in [-0.05, 0) is 37.3 Å². The van der Waals surface area contributed by atoms with Crippen molar-refractivity contribution in [1.29, 1.82) is 0 Å². The molecule has 0 amide bonds. The van der Waals surface area contributed by atoms with Crippen molar-refractivity contribution in [2.24, 2.45) is 10.9 Å². The number of aromatic nitrogens is 3. The third-order valence-electron chi connectivity index (χ3n) is 5.59. The minimum absolute atomic E-state index is 0. The highest BCUT2D eigenvalue weighted by atomic mass is 127. The number of pyridine rings is 1. The number of aliphatic imine (C=N–C) groups is 1. The average Bonchev–Trinajstić information content (AvgIpc) is 3.35. The second-order valence-corrected chi connectivity index (χ2v) is 7.71. The first kappa shape index (κ1) is 21.0. The summed E-state index contributed by atoms with van der Waals surface area (Å²) >= 11 is 0. The van der Waals surface area contributed by atoms with Gasteiger partial charge in [0, 0.05) is 57.4 Å². The molecule has 1 aliphatic carbocycles. The zero-order chi connectivity index (χ0) is 18.8. The van der Waals surface area contributed by atoms with Gasteiger partial charge in [-0.2, -0.15) is 0 Å². The van der Waals surface area contributed by atoms with Gasteiger partial charge in [-0.25, -0.2) is 9.97 Å². The van der Waals surface area contributed by atoms with E-state index >= 15 is 0 Å². The van der Waals surface area contributed by atoms with Crippen LogP contribution in [0, 0.1) is 12.8 Å². The van der Waals surface area contributed by atoms with E-state index in [0.717, 1.165) is 35.8 Å². The number of hydrogen-bond donors (Lipinski definition) is 2. The van der Waals surface area contributed by atoms with Crippen LogP contribution in [-0.2, 0) is 6.54 Å². The summed E-state index contributed by atoms with van der Waals surface area (Å²) in [5.74, 6) is 3.32. The molecule has 0 bridgehead atoms. The average molecular weight is 495 g/mol. The van der Waals surface area contributed by atoms with Crippen LogP contribution < -0.4 is 10.6 Å². The van der Waals surface area contributed by atoms with Crippen molar-refractivity contribution >= 4 is 29.9 Å². The van der Waals surface area contributed by atoms with Gasteiger partial charge in [-0.3, -0.25) is 14.5 Å². The van der Waals surface area contributed by atoms with Gasteiger partial charge < -0.3 is 10.6 Å². The first-order chi connectivity index (χ1) is 13.1. The van der Waals surface area contributed by atoms with E-state index in [1.54, 1.807) is 6.20 Å². The van der Waals surface area contributed by atoms with Gasteiger partial charge in [0.25, 0.3) is 0 Å². The first-order valence-corrected chi connectivity index (χ1v) is 9.80. The van der Waals surface area contributed by atoms with E-state index in [9.17, 15) is 0 Å². The predicted molar refractivity (Wildman–Crippen MR) is 122 cm³/mol. The van der Waals surface area contributed by atoms with Crippen molar-refractivity contribution in [1.82, 2.24) is 30.1 Å². The molecule has 2 aromatic rings. The van der Waals surface area contributed by atoms with E-state index in [-0.39, 0.29) is 24.0 Å². The predicted octanol–water partition coefficient (Wildman–Crippen LogP) is 2.34. The Labute approximate surface area is 184 Å². The molecule has 2 unspecified atom stereocenters. The minimum Gasteiger partial charge on any atom is -0.352 e. The number of rotatable bonds is 5. The lowest BCUT2D eigenvalue weighted by Crippen LogP contribution is -2.46. The maximum Gasteiger partial charge on any atom is 0.191 e. The van der Waals surface area contributed by atoms with Crippen molar-refractivity contribution in [2.75, 3.05) is 20.1 Å². The molecule has 4 rings (SSSR count). The molecular formula is C20H30IN7. The van der Waals surface area contributed by atoms with E-state index in [0.29, 0.717) is 18.5 Å². The fourth-order valence-corrected chi connectivity index (χ4v) is 3.77. The van der Waals surface area contributed by atoms with Crippen molar-refractivity contribution in [3.63, 3.8) is 0 Å². The Kier molecular flexibility index (Phi) is 6.92. The van der Waals surface area contributed by atoms with Crippen LogP contribution in [0.3, 0.4) is 0 Å². The number of halogens is 1. The number of likely N-dealkylation sites (tertiary alicyclic amines) is 1. The third-order valence-corrected chi connectivity index (χ3v) is 5.59. The highest BCUT2D eigenvalue weighted by Crippen LogP contribution is 2.31. The van der Waals surface area contributed by atoms with E-state index in [1.165, 1.54) is 19.4 Å². The summed E-state index contributed by atoms with van der Waals surface area (Å²) in [6, 6.07) is 5.41. The summed E-state index contributed by atoms with van der Waals surface area (Å²) < 4.78 is 1.98. The van der Waals surface area contributed by atoms with Crippen molar-refractivity contribution < 1.29 is 0 Å². The van der Waals surface area contributed by atoms with Crippen LogP contribution in [0.15, 0.2) is 35.7 Å². The summed E-state index contributed by atoms with van der Waals surface area (Å²) in [7, 11) is 1.83. The fraction of sp³-hybridized carbons (Fsp3) is 0.550. The van der Waals surface area contributed by atoms with E-state index in [4.69, 9.17) is 0 Å². The highest BCUT2D eigenvalue weighted by Gasteiger charge is 2.38. The lowest BCUT2D eigenvalue weighted by Gasteiger charge is -2.20. The molecule has 2 aliphatic rings. The minimum atomic E-state index is 0. The van der Waals surface area contributed by atoms with Crippen LogP contribution >= 0.6 is 24.0 Å². The summed E-state index contributed by atoms with van der Waals surface area (Å²) in [4.78, 5) is 15.8. The van der Waals surface area contributed by atoms with Gasteiger partial charge in [0.2, 0.25) is 0 Å². The van der Waals surface area contributed by atoms with Gasteiger partial charge in [0.1, 0.15) is 11.6 Å². The molecule has 1 saturated heterocycles. The summed E-state index contributed by atoms with van der Waals surface area (Å²) in [6.45, 7) is 7.31. The van der Waals surface area contributed by atoms with Crippen molar-refractivity contribution in [2.45, 2.75) is 45.3 Å². The van der Waals surface area contributed by atoms with Crippen LogP contribution in [0.1, 0.15) is 31.2 Å². The topological polar surface area (TPSA) is 70.4 Å². The van der Waals surface area contributed by atoms with Gasteiger partial charge in [0.15, 0.2) is 5.96 Å².